The van der Waals surface area contributed by atoms with E-state index in [4.69, 9.17) is 21.7 Å². The van der Waals surface area contributed by atoms with Crippen LogP contribution >= 0.6 is 0 Å². The van der Waals surface area contributed by atoms with E-state index in [1.54, 1.807) is 24.3 Å². The number of nitrogens with one attached hydrogen (secondary N) is 1. The fourth-order valence-electron chi connectivity index (χ4n) is 4.43. The number of H-pyrrole nitrogens is 1. The van der Waals surface area contributed by atoms with Crippen LogP contribution in [0.3, 0.4) is 0 Å². The van der Waals surface area contributed by atoms with Gasteiger partial charge in [-0.3, -0.25) is 19.1 Å². The molecule has 7 N–H and O–H groups in total. The van der Waals surface area contributed by atoms with Crippen molar-refractivity contribution in [1.29, 1.82) is 0 Å². The quantitative estimate of drug-likeness (QED) is 0.475. The number of rotatable bonds is 5. The molecule has 3 aromatic rings. The number of carbonyl (C=O) groups excluding carboxylic acids is 2. The summed E-state index contributed by atoms with van der Waals surface area (Å²) in [4.78, 5) is 38.0. The van der Waals surface area contributed by atoms with Gasteiger partial charge in [-0.2, -0.15) is 0 Å². The van der Waals surface area contributed by atoms with Crippen molar-refractivity contribution in [3.63, 3.8) is 0 Å². The number of hydrogen-bond acceptors (Lipinski definition) is 6. The Morgan fingerprint density at radius 2 is 1.53 bits per heavy atom. The molecule has 1 heterocycles. The maximum absolute atomic E-state index is 11.8. The first kappa shape index (κ1) is 19.6. The molecule has 30 heavy (non-hydrogen) atoms. The number of aromatic nitrogens is 2. The molecular weight excluding hydrogens is 386 g/mol. The minimum Gasteiger partial charge on any atom is -0.366 e. The highest BCUT2D eigenvalue weighted by atomic mass is 16.5. The number of aromatic amines is 1. The number of aryl methyl sites for hydroxylation is 2. The summed E-state index contributed by atoms with van der Waals surface area (Å²) in [5.41, 5.74) is 20.2. The summed E-state index contributed by atoms with van der Waals surface area (Å²) in [5, 5.41) is 4.00. The highest BCUT2D eigenvalue weighted by molar-refractivity contribution is 5.94. The normalized spacial score (nSPS) is 14.4. The Morgan fingerprint density at radius 3 is 1.93 bits per heavy atom. The Balaban J connectivity index is 2.08. The van der Waals surface area contributed by atoms with Crippen molar-refractivity contribution >= 4 is 11.8 Å². The maximum Gasteiger partial charge on any atom is 0.438 e. The number of hydrogen-bond donors (Lipinski definition) is 4. The number of primary amides is 2. The second-order valence-corrected chi connectivity index (χ2v) is 7.36. The van der Waals surface area contributed by atoms with Gasteiger partial charge in [0.2, 0.25) is 11.8 Å². The Labute approximate surface area is 171 Å². The number of carbonyl (C=O) groups is 2. The van der Waals surface area contributed by atoms with Crippen molar-refractivity contribution in [2.75, 3.05) is 6.54 Å². The predicted molar refractivity (Wildman–Crippen MR) is 108 cm³/mol. The standard InChI is InChI=1S/C21H21N5O4/c22-8-7-21(19-25-20(29)30-26-19)15-5-3-13(17(23)27)9-11(15)1-2-12-10-14(18(24)28)4-6-16(12)21/h3-6,9-10H,1-2,7-8,22H2,(H2,23,27)(H2,24,28)(H,25,26,29). The van der Waals surface area contributed by atoms with E-state index in [2.05, 4.69) is 10.1 Å². The SMILES string of the molecule is NCCC1(c2noc(=O)[nH]2)c2ccc(C(N)=O)cc2CCc2cc(C(N)=O)ccc21. The monoisotopic (exact) mass is 407 g/mol. The minimum absolute atomic E-state index is 0.281. The van der Waals surface area contributed by atoms with Gasteiger partial charge < -0.3 is 17.2 Å². The van der Waals surface area contributed by atoms with Crippen LogP contribution in [0.15, 0.2) is 45.7 Å². The van der Waals surface area contributed by atoms with Gasteiger partial charge in [-0.05, 0) is 72.3 Å². The van der Waals surface area contributed by atoms with Gasteiger partial charge in [-0.25, -0.2) is 4.79 Å². The summed E-state index contributed by atoms with van der Waals surface area (Å²) in [6.07, 6.45) is 1.57. The molecule has 154 valence electrons. The molecule has 1 aliphatic carbocycles. The lowest BCUT2D eigenvalue weighted by atomic mass is 9.69. The van der Waals surface area contributed by atoms with Crippen LogP contribution in [0.25, 0.3) is 0 Å². The molecule has 0 bridgehead atoms. The third-order valence-corrected chi connectivity index (χ3v) is 5.73. The number of nitrogens with two attached hydrogens (primary N) is 3. The van der Waals surface area contributed by atoms with E-state index in [0.29, 0.717) is 36.2 Å². The largest absolute Gasteiger partial charge is 0.438 e. The number of benzene rings is 2. The molecule has 0 atom stereocenters. The Morgan fingerprint density at radius 1 is 1.00 bits per heavy atom. The second kappa shape index (κ2) is 7.27. The van der Waals surface area contributed by atoms with Crippen molar-refractivity contribution in [2.24, 2.45) is 17.2 Å². The lowest BCUT2D eigenvalue weighted by Crippen LogP contribution is -2.35. The molecular formula is C21H21N5O4. The van der Waals surface area contributed by atoms with Crippen LogP contribution in [-0.4, -0.2) is 28.5 Å². The summed E-state index contributed by atoms with van der Waals surface area (Å²) < 4.78 is 4.83. The summed E-state index contributed by atoms with van der Waals surface area (Å²) in [5.74, 6) is -1.44. The van der Waals surface area contributed by atoms with Gasteiger partial charge >= 0.3 is 5.76 Å². The molecule has 1 aromatic heterocycles. The van der Waals surface area contributed by atoms with E-state index < -0.39 is 23.0 Å². The van der Waals surface area contributed by atoms with E-state index in [0.717, 1.165) is 22.3 Å². The molecule has 0 unspecified atom stereocenters. The van der Waals surface area contributed by atoms with Gasteiger partial charge in [0.25, 0.3) is 0 Å². The molecule has 0 saturated heterocycles. The average Bonchev–Trinajstić information content (AvgIpc) is 3.11. The van der Waals surface area contributed by atoms with Gasteiger partial charge in [0.05, 0.1) is 5.41 Å². The third kappa shape index (κ3) is 3.00. The third-order valence-electron chi connectivity index (χ3n) is 5.73. The van der Waals surface area contributed by atoms with Gasteiger partial charge in [0.15, 0.2) is 5.82 Å². The zero-order chi connectivity index (χ0) is 21.5. The summed E-state index contributed by atoms with van der Waals surface area (Å²) in [6.45, 7) is 0.281. The molecule has 4 rings (SSSR count). The van der Waals surface area contributed by atoms with Crippen LogP contribution in [0, 0.1) is 0 Å². The van der Waals surface area contributed by atoms with Crippen molar-refractivity contribution in [1.82, 2.24) is 10.1 Å². The summed E-state index contributed by atoms with van der Waals surface area (Å²) in [7, 11) is 0. The Kier molecular flexibility index (Phi) is 4.75. The first-order valence-corrected chi connectivity index (χ1v) is 9.50. The Bertz CT molecular complexity index is 1140. The smallest absolute Gasteiger partial charge is 0.366 e. The molecule has 9 nitrogen and oxygen atoms in total. The van der Waals surface area contributed by atoms with Crippen molar-refractivity contribution in [3.05, 3.63) is 86.2 Å². The van der Waals surface area contributed by atoms with Gasteiger partial charge in [-0.1, -0.05) is 17.3 Å². The van der Waals surface area contributed by atoms with Crippen LogP contribution in [0.4, 0.5) is 0 Å². The van der Waals surface area contributed by atoms with Crippen LogP contribution in [0.5, 0.6) is 0 Å². The van der Waals surface area contributed by atoms with Gasteiger partial charge in [-0.15, -0.1) is 0 Å². The van der Waals surface area contributed by atoms with Crippen molar-refractivity contribution in [3.8, 4) is 0 Å². The molecule has 0 radical (unpaired) electrons. The first-order valence-electron chi connectivity index (χ1n) is 9.50. The zero-order valence-electron chi connectivity index (χ0n) is 16.1. The van der Waals surface area contributed by atoms with Crippen LogP contribution in [-0.2, 0) is 18.3 Å². The zero-order valence-corrected chi connectivity index (χ0v) is 16.1. The fourth-order valence-corrected chi connectivity index (χ4v) is 4.43. The second-order valence-electron chi connectivity index (χ2n) is 7.36. The van der Waals surface area contributed by atoms with Crippen molar-refractivity contribution in [2.45, 2.75) is 24.7 Å². The molecule has 0 fully saturated rings. The summed E-state index contributed by atoms with van der Waals surface area (Å²) in [6, 6.07) is 10.4. The lowest BCUT2D eigenvalue weighted by molar-refractivity contribution is 0.0991. The van der Waals surface area contributed by atoms with Crippen LogP contribution in [0.1, 0.15) is 55.2 Å². The topological polar surface area (TPSA) is 171 Å². The number of fused-ring (bicyclic) bond motifs is 2. The molecule has 0 aliphatic heterocycles. The van der Waals surface area contributed by atoms with E-state index >= 15 is 0 Å². The highest BCUT2D eigenvalue weighted by Gasteiger charge is 2.44. The van der Waals surface area contributed by atoms with E-state index in [1.165, 1.54) is 0 Å². The van der Waals surface area contributed by atoms with E-state index in [9.17, 15) is 14.4 Å². The number of amides is 2. The maximum atomic E-state index is 11.8. The number of nitrogens with zero attached hydrogens (tertiary/aromatic N) is 1. The molecule has 0 spiro atoms. The van der Waals surface area contributed by atoms with Crippen LogP contribution < -0.4 is 23.0 Å². The van der Waals surface area contributed by atoms with E-state index in [-0.39, 0.29) is 6.54 Å². The van der Waals surface area contributed by atoms with Crippen LogP contribution in [0.2, 0.25) is 0 Å². The van der Waals surface area contributed by atoms with Gasteiger partial charge in [0.1, 0.15) is 0 Å². The lowest BCUT2D eigenvalue weighted by Gasteiger charge is -2.34. The van der Waals surface area contributed by atoms with E-state index in [1.807, 2.05) is 12.1 Å². The van der Waals surface area contributed by atoms with Crippen molar-refractivity contribution < 1.29 is 14.1 Å². The molecule has 2 aromatic carbocycles. The average molecular weight is 407 g/mol. The molecule has 0 saturated carbocycles. The van der Waals surface area contributed by atoms with Gasteiger partial charge in [0, 0.05) is 11.1 Å². The molecule has 1 aliphatic rings. The Hall–Kier alpha value is -3.72. The molecule has 9 heteroatoms. The summed E-state index contributed by atoms with van der Waals surface area (Å²) >= 11 is 0. The first-order chi connectivity index (χ1) is 14.4. The fraction of sp³-hybridized carbons (Fsp3) is 0.238. The highest BCUT2D eigenvalue weighted by Crippen LogP contribution is 2.45. The minimum atomic E-state index is -0.936. The predicted octanol–water partition coefficient (Wildman–Crippen LogP) is 0.343. The molecule has 2 amide bonds.